The quantitative estimate of drug-likeness (QED) is 0.644. The number of carbonyl (C=O) groups is 3. The van der Waals surface area contributed by atoms with Crippen LogP contribution in [0.15, 0.2) is 42.5 Å². The number of H-pyrrole nitrogens is 1. The second kappa shape index (κ2) is 7.55. The van der Waals surface area contributed by atoms with Gasteiger partial charge in [0.25, 0.3) is 11.8 Å². The van der Waals surface area contributed by atoms with Gasteiger partial charge >= 0.3 is 5.97 Å². The minimum Gasteiger partial charge on any atom is -0.477 e. The topological polar surface area (TPSA) is 115 Å². The summed E-state index contributed by atoms with van der Waals surface area (Å²) in [6.45, 7) is 3.41. The van der Waals surface area contributed by atoms with Gasteiger partial charge in [-0.2, -0.15) is 0 Å². The number of ether oxygens (including phenoxy) is 2. The number of hydrogen-bond donors (Lipinski definition) is 2. The van der Waals surface area contributed by atoms with E-state index >= 15 is 0 Å². The van der Waals surface area contributed by atoms with Gasteiger partial charge in [0.1, 0.15) is 11.4 Å². The Hall–Kier alpha value is -3.81. The Morgan fingerprint density at radius 1 is 1.20 bits per heavy atom. The molecule has 8 heteroatoms. The van der Waals surface area contributed by atoms with Gasteiger partial charge in [0, 0.05) is 10.9 Å². The molecular formula is C22H21N3O5. The molecule has 154 valence electrons. The molecule has 0 fully saturated rings. The van der Waals surface area contributed by atoms with E-state index in [0.29, 0.717) is 11.4 Å². The number of carbonyl (C=O) groups excluding carboxylic acids is 3. The molecule has 0 saturated heterocycles. The molecule has 0 aliphatic carbocycles. The molecule has 3 N–H and O–H groups in total. The zero-order chi connectivity index (χ0) is 21.4. The van der Waals surface area contributed by atoms with Crippen LogP contribution in [0.5, 0.6) is 5.75 Å². The number of aryl methyl sites for hydroxylation is 2. The third kappa shape index (κ3) is 3.59. The molecule has 2 aromatic carbocycles. The predicted molar refractivity (Wildman–Crippen MR) is 110 cm³/mol. The number of aromatic nitrogens is 1. The van der Waals surface area contributed by atoms with Crippen molar-refractivity contribution in [3.8, 4) is 5.75 Å². The number of nitrogens with zero attached hydrogens (tertiary/aromatic N) is 1. The molecule has 1 atom stereocenters. The molecule has 30 heavy (non-hydrogen) atoms. The Kier molecular flexibility index (Phi) is 4.91. The summed E-state index contributed by atoms with van der Waals surface area (Å²) in [5, 5.41) is 0.922. The van der Waals surface area contributed by atoms with Crippen LogP contribution in [-0.4, -0.2) is 42.0 Å². The molecule has 2 heterocycles. The van der Waals surface area contributed by atoms with Gasteiger partial charge in [-0.15, -0.1) is 0 Å². The average Bonchev–Trinajstić information content (AvgIpc) is 3.15. The molecule has 2 amide bonds. The summed E-state index contributed by atoms with van der Waals surface area (Å²) in [5.41, 5.74) is 9.06. The van der Waals surface area contributed by atoms with Crippen molar-refractivity contribution in [2.24, 2.45) is 5.73 Å². The van der Waals surface area contributed by atoms with Crippen LogP contribution in [0.2, 0.25) is 0 Å². The lowest BCUT2D eigenvalue weighted by Crippen LogP contribution is -2.50. The molecule has 0 saturated carbocycles. The maximum Gasteiger partial charge on any atom is 0.355 e. The number of nitrogens with one attached hydrogen (secondary N) is 1. The Morgan fingerprint density at radius 3 is 2.73 bits per heavy atom. The van der Waals surface area contributed by atoms with Crippen LogP contribution in [0, 0.1) is 13.8 Å². The Labute approximate surface area is 172 Å². The van der Waals surface area contributed by atoms with Crippen molar-refractivity contribution in [2.75, 3.05) is 18.1 Å². The molecule has 1 aliphatic rings. The number of para-hydroxylation sites is 2. The molecule has 8 nitrogen and oxygen atoms in total. The number of benzene rings is 2. The Bertz CT molecular complexity index is 1170. The van der Waals surface area contributed by atoms with Gasteiger partial charge in [0.2, 0.25) is 0 Å². The summed E-state index contributed by atoms with van der Waals surface area (Å²) >= 11 is 0. The van der Waals surface area contributed by atoms with Crippen molar-refractivity contribution in [2.45, 2.75) is 20.0 Å². The van der Waals surface area contributed by atoms with E-state index in [1.165, 1.54) is 4.90 Å². The van der Waals surface area contributed by atoms with Crippen molar-refractivity contribution >= 4 is 34.4 Å². The van der Waals surface area contributed by atoms with E-state index in [1.54, 1.807) is 30.3 Å². The maximum atomic E-state index is 12.8. The molecular weight excluding hydrogens is 386 g/mol. The fourth-order valence-electron chi connectivity index (χ4n) is 3.61. The summed E-state index contributed by atoms with van der Waals surface area (Å²) < 4.78 is 10.8. The highest BCUT2D eigenvalue weighted by atomic mass is 16.5. The minimum absolute atomic E-state index is 0.0480. The van der Waals surface area contributed by atoms with Gasteiger partial charge in [-0.1, -0.05) is 18.2 Å². The number of esters is 1. The molecule has 1 unspecified atom stereocenters. The van der Waals surface area contributed by atoms with Crippen molar-refractivity contribution in [3.63, 3.8) is 0 Å². The second-order valence-electron chi connectivity index (χ2n) is 7.28. The monoisotopic (exact) mass is 407 g/mol. The van der Waals surface area contributed by atoms with Crippen LogP contribution >= 0.6 is 0 Å². The van der Waals surface area contributed by atoms with Crippen molar-refractivity contribution < 1.29 is 23.9 Å². The van der Waals surface area contributed by atoms with Crippen molar-refractivity contribution in [1.82, 2.24) is 4.98 Å². The lowest BCUT2D eigenvalue weighted by atomic mass is 10.1. The summed E-state index contributed by atoms with van der Waals surface area (Å²) in [6.07, 6.45) is -0.973. The maximum absolute atomic E-state index is 12.8. The molecule has 0 radical (unpaired) electrons. The molecule has 1 aliphatic heterocycles. The van der Waals surface area contributed by atoms with Gasteiger partial charge in [-0.05, 0) is 49.2 Å². The lowest BCUT2D eigenvalue weighted by Gasteiger charge is -2.33. The number of anilines is 1. The molecule has 4 rings (SSSR count). The van der Waals surface area contributed by atoms with Gasteiger partial charge in [0.05, 0.1) is 12.2 Å². The summed E-state index contributed by atoms with van der Waals surface area (Å²) in [4.78, 5) is 41.2. The number of fused-ring (bicyclic) bond motifs is 2. The third-order valence-electron chi connectivity index (χ3n) is 5.03. The first-order valence-corrected chi connectivity index (χ1v) is 9.46. The fraction of sp³-hybridized carbons (Fsp3) is 0.227. The number of primary amides is 1. The average molecular weight is 407 g/mol. The fourth-order valence-corrected chi connectivity index (χ4v) is 3.61. The largest absolute Gasteiger partial charge is 0.477 e. The standard InChI is InChI=1S/C22H21N3O5/c1-12-7-13(2)14-9-16(24-15(14)8-12)22(28)29-11-20(26)25-10-19(21(23)27)30-18-6-4-3-5-17(18)25/h3-9,19,24H,10-11H2,1-2H3,(H2,23,27). The zero-order valence-electron chi connectivity index (χ0n) is 16.6. The van der Waals surface area contributed by atoms with E-state index in [0.717, 1.165) is 22.0 Å². The normalized spacial score (nSPS) is 15.4. The van der Waals surface area contributed by atoms with Gasteiger partial charge in [-0.25, -0.2) is 4.79 Å². The lowest BCUT2D eigenvalue weighted by molar-refractivity contribution is -0.126. The van der Waals surface area contributed by atoms with E-state index < -0.39 is 30.5 Å². The molecule has 3 aromatic rings. The highest BCUT2D eigenvalue weighted by molar-refractivity contribution is 6.00. The number of nitrogens with two attached hydrogens (primary N) is 1. The number of rotatable bonds is 4. The first kappa shape index (κ1) is 19.5. The van der Waals surface area contributed by atoms with E-state index in [-0.39, 0.29) is 12.2 Å². The van der Waals surface area contributed by atoms with Gasteiger partial charge in [-0.3, -0.25) is 9.59 Å². The molecule has 1 aromatic heterocycles. The summed E-state index contributed by atoms with van der Waals surface area (Å²) in [5.74, 6) is -1.42. The summed E-state index contributed by atoms with van der Waals surface area (Å²) in [6, 6.07) is 12.5. The van der Waals surface area contributed by atoms with Crippen LogP contribution in [0.1, 0.15) is 21.6 Å². The molecule has 0 spiro atoms. The highest BCUT2D eigenvalue weighted by Gasteiger charge is 2.33. The van der Waals surface area contributed by atoms with Crippen LogP contribution in [0.4, 0.5) is 5.69 Å². The van der Waals surface area contributed by atoms with Crippen molar-refractivity contribution in [3.05, 3.63) is 59.3 Å². The second-order valence-corrected chi connectivity index (χ2v) is 7.28. The first-order chi connectivity index (χ1) is 14.3. The van der Waals surface area contributed by atoms with Gasteiger partial charge < -0.3 is 25.1 Å². The van der Waals surface area contributed by atoms with Crippen molar-refractivity contribution in [1.29, 1.82) is 0 Å². The van der Waals surface area contributed by atoms with Crippen LogP contribution in [0.3, 0.4) is 0 Å². The Morgan fingerprint density at radius 2 is 1.97 bits per heavy atom. The minimum atomic E-state index is -0.973. The van der Waals surface area contributed by atoms with E-state index in [1.807, 2.05) is 26.0 Å². The van der Waals surface area contributed by atoms with Gasteiger partial charge in [0.15, 0.2) is 12.7 Å². The number of amides is 2. The number of hydrogen-bond acceptors (Lipinski definition) is 5. The first-order valence-electron chi connectivity index (χ1n) is 9.46. The predicted octanol–water partition coefficient (Wildman–Crippen LogP) is 2.22. The van der Waals surface area contributed by atoms with E-state index in [9.17, 15) is 14.4 Å². The van der Waals surface area contributed by atoms with Crippen LogP contribution in [0.25, 0.3) is 10.9 Å². The molecule has 0 bridgehead atoms. The zero-order valence-corrected chi connectivity index (χ0v) is 16.6. The van der Waals surface area contributed by atoms with Crippen LogP contribution in [-0.2, 0) is 14.3 Å². The van der Waals surface area contributed by atoms with E-state index in [4.69, 9.17) is 15.2 Å². The SMILES string of the molecule is Cc1cc(C)c2cc(C(=O)OCC(=O)N3CC(C(N)=O)Oc4ccccc43)[nH]c2c1. The summed E-state index contributed by atoms with van der Waals surface area (Å²) in [7, 11) is 0. The van der Waals surface area contributed by atoms with E-state index in [2.05, 4.69) is 4.98 Å². The third-order valence-corrected chi connectivity index (χ3v) is 5.03. The highest BCUT2D eigenvalue weighted by Crippen LogP contribution is 2.33. The van der Waals surface area contributed by atoms with Crippen LogP contribution < -0.4 is 15.4 Å². The smallest absolute Gasteiger partial charge is 0.355 e. The number of aromatic amines is 1. The Balaban J connectivity index is 1.50.